The number of ether oxygens (including phenoxy) is 2. The zero-order chi connectivity index (χ0) is 25.2. The first kappa shape index (κ1) is 25.6. The number of anilines is 1. The van der Waals surface area contributed by atoms with Crippen LogP contribution in [0.5, 0.6) is 0 Å². The molecule has 34 heavy (non-hydrogen) atoms. The number of esters is 2. The number of amides is 1. The topological polar surface area (TPSA) is 117 Å². The van der Waals surface area contributed by atoms with E-state index in [0.29, 0.717) is 12.2 Å². The molecule has 3 heterocycles. The van der Waals surface area contributed by atoms with Crippen molar-refractivity contribution in [1.82, 2.24) is 19.6 Å². The number of rotatable bonds is 8. The van der Waals surface area contributed by atoms with Gasteiger partial charge in [0.25, 0.3) is 5.91 Å². The van der Waals surface area contributed by atoms with Gasteiger partial charge in [0.2, 0.25) is 0 Å². The largest absolute Gasteiger partial charge is 0.462 e. The molecule has 10 nitrogen and oxygen atoms in total. The fourth-order valence-corrected chi connectivity index (χ4v) is 4.56. The predicted octanol–water partition coefficient (Wildman–Crippen LogP) is 4.33. The van der Waals surface area contributed by atoms with Crippen molar-refractivity contribution in [2.45, 2.75) is 54.3 Å². The first-order chi connectivity index (χ1) is 16.0. The van der Waals surface area contributed by atoms with Crippen LogP contribution in [0.15, 0.2) is 16.7 Å². The Balaban J connectivity index is 1.86. The standard InChI is InChI=1S/C22H26BrN5O5S/c1-7-32-22(31)18-12(4)16(21(30)33-11(2)3)20(34-18)24-19(29)15-8-9-27(26-15)10-28-14(6)17(23)13(5)25-28/h8-9,11H,7,10H2,1-6H3,(H,24,29). The maximum absolute atomic E-state index is 12.9. The van der Waals surface area contributed by atoms with Crippen LogP contribution in [-0.4, -0.2) is 50.1 Å². The van der Waals surface area contributed by atoms with E-state index in [1.807, 2.05) is 13.8 Å². The van der Waals surface area contributed by atoms with Crippen LogP contribution in [0, 0.1) is 20.8 Å². The molecule has 182 valence electrons. The van der Waals surface area contributed by atoms with E-state index < -0.39 is 17.8 Å². The molecule has 0 aliphatic carbocycles. The molecule has 0 aromatic carbocycles. The van der Waals surface area contributed by atoms with Gasteiger partial charge in [0, 0.05) is 6.20 Å². The molecule has 0 aliphatic rings. The Labute approximate surface area is 209 Å². The van der Waals surface area contributed by atoms with E-state index in [1.54, 1.807) is 49.3 Å². The Kier molecular flexibility index (Phi) is 7.93. The molecule has 3 aromatic rings. The van der Waals surface area contributed by atoms with Crippen LogP contribution in [0.4, 0.5) is 5.00 Å². The number of thiophene rings is 1. The van der Waals surface area contributed by atoms with Crippen LogP contribution in [0.25, 0.3) is 0 Å². The van der Waals surface area contributed by atoms with Gasteiger partial charge in [-0.2, -0.15) is 10.2 Å². The summed E-state index contributed by atoms with van der Waals surface area (Å²) in [4.78, 5) is 38.3. The van der Waals surface area contributed by atoms with Crippen molar-refractivity contribution in [2.24, 2.45) is 0 Å². The number of carbonyl (C=O) groups excluding carboxylic acids is 3. The van der Waals surface area contributed by atoms with E-state index in [9.17, 15) is 14.4 Å². The van der Waals surface area contributed by atoms with E-state index in [4.69, 9.17) is 9.47 Å². The summed E-state index contributed by atoms with van der Waals surface area (Å²) in [6.45, 7) is 11.1. The summed E-state index contributed by atoms with van der Waals surface area (Å²) in [5, 5.41) is 11.7. The average Bonchev–Trinajstić information content (AvgIpc) is 3.42. The lowest BCUT2D eigenvalue weighted by Gasteiger charge is -2.10. The number of hydrogen-bond donors (Lipinski definition) is 1. The summed E-state index contributed by atoms with van der Waals surface area (Å²) in [6.07, 6.45) is 1.29. The molecule has 3 rings (SSSR count). The number of aromatic nitrogens is 4. The number of carbonyl (C=O) groups is 3. The van der Waals surface area contributed by atoms with E-state index in [-0.39, 0.29) is 33.8 Å². The summed E-state index contributed by atoms with van der Waals surface area (Å²) >= 11 is 4.46. The Morgan fingerprint density at radius 3 is 2.47 bits per heavy atom. The van der Waals surface area contributed by atoms with Crippen LogP contribution in [0.2, 0.25) is 0 Å². The normalized spacial score (nSPS) is 11.1. The van der Waals surface area contributed by atoms with Crippen LogP contribution >= 0.6 is 27.3 Å². The van der Waals surface area contributed by atoms with Gasteiger partial charge in [-0.25, -0.2) is 14.3 Å². The van der Waals surface area contributed by atoms with Gasteiger partial charge in [0.15, 0.2) is 5.69 Å². The predicted molar refractivity (Wildman–Crippen MR) is 131 cm³/mol. The van der Waals surface area contributed by atoms with Gasteiger partial charge in [-0.15, -0.1) is 11.3 Å². The second-order valence-corrected chi connectivity index (χ2v) is 9.57. The molecule has 0 aliphatic heterocycles. The summed E-state index contributed by atoms with van der Waals surface area (Å²) in [6, 6.07) is 1.56. The lowest BCUT2D eigenvalue weighted by atomic mass is 10.1. The van der Waals surface area contributed by atoms with Gasteiger partial charge in [0.05, 0.1) is 34.1 Å². The number of nitrogens with zero attached hydrogens (tertiary/aromatic N) is 4. The molecule has 0 saturated heterocycles. The third-order valence-corrected chi connectivity index (χ3v) is 7.16. The van der Waals surface area contributed by atoms with E-state index in [1.165, 1.54) is 0 Å². The first-order valence-electron chi connectivity index (χ1n) is 10.6. The second-order valence-electron chi connectivity index (χ2n) is 7.76. The minimum Gasteiger partial charge on any atom is -0.462 e. The number of aryl methyl sites for hydroxylation is 1. The van der Waals surface area contributed by atoms with Crippen molar-refractivity contribution in [3.8, 4) is 0 Å². The molecule has 0 atom stereocenters. The van der Waals surface area contributed by atoms with Crippen LogP contribution < -0.4 is 5.32 Å². The maximum atomic E-state index is 12.9. The lowest BCUT2D eigenvalue weighted by Crippen LogP contribution is -2.18. The van der Waals surface area contributed by atoms with Gasteiger partial charge < -0.3 is 14.8 Å². The summed E-state index contributed by atoms with van der Waals surface area (Å²) < 4.78 is 14.7. The highest BCUT2D eigenvalue weighted by Crippen LogP contribution is 2.35. The van der Waals surface area contributed by atoms with Crippen molar-refractivity contribution in [2.75, 3.05) is 11.9 Å². The number of hydrogen-bond acceptors (Lipinski definition) is 8. The van der Waals surface area contributed by atoms with Crippen LogP contribution in [0.1, 0.15) is 68.2 Å². The summed E-state index contributed by atoms with van der Waals surface area (Å²) in [5.41, 5.74) is 2.46. The van der Waals surface area contributed by atoms with Crippen molar-refractivity contribution in [3.63, 3.8) is 0 Å². The highest BCUT2D eigenvalue weighted by molar-refractivity contribution is 9.10. The van der Waals surface area contributed by atoms with Crippen LogP contribution in [0.3, 0.4) is 0 Å². The third kappa shape index (κ3) is 5.39. The zero-order valence-corrected chi connectivity index (χ0v) is 22.2. The molecule has 0 unspecified atom stereocenters. The van der Waals surface area contributed by atoms with Gasteiger partial charge in [-0.1, -0.05) is 0 Å². The first-order valence-corrected chi connectivity index (χ1v) is 12.2. The molecule has 1 N–H and O–H groups in total. The lowest BCUT2D eigenvalue weighted by molar-refractivity contribution is 0.0379. The molecule has 3 aromatic heterocycles. The molecular formula is C22H26BrN5O5S. The van der Waals surface area contributed by atoms with Gasteiger partial charge in [0.1, 0.15) is 16.5 Å². The Morgan fingerprint density at radius 2 is 1.88 bits per heavy atom. The SMILES string of the molecule is CCOC(=O)c1sc(NC(=O)c2ccn(Cn3nc(C)c(Br)c3C)n2)c(C(=O)OC(C)C)c1C. The quantitative estimate of drug-likeness (QED) is 0.414. The van der Waals surface area contributed by atoms with Gasteiger partial charge in [-0.3, -0.25) is 9.48 Å². The maximum Gasteiger partial charge on any atom is 0.348 e. The summed E-state index contributed by atoms with van der Waals surface area (Å²) in [7, 11) is 0. The highest BCUT2D eigenvalue weighted by Gasteiger charge is 2.28. The van der Waals surface area contributed by atoms with Crippen molar-refractivity contribution in [1.29, 1.82) is 0 Å². The molecule has 0 radical (unpaired) electrons. The minimum absolute atomic E-state index is 0.127. The van der Waals surface area contributed by atoms with Crippen molar-refractivity contribution >= 4 is 50.1 Å². The number of halogens is 1. The fraction of sp³-hybridized carbons (Fsp3) is 0.409. The molecule has 0 spiro atoms. The molecule has 0 fully saturated rings. The smallest absolute Gasteiger partial charge is 0.348 e. The highest BCUT2D eigenvalue weighted by atomic mass is 79.9. The van der Waals surface area contributed by atoms with Gasteiger partial charge >= 0.3 is 11.9 Å². The van der Waals surface area contributed by atoms with Gasteiger partial charge in [-0.05, 0) is 69.1 Å². The summed E-state index contributed by atoms with van der Waals surface area (Å²) in [5.74, 6) is -1.72. The molecule has 1 amide bonds. The molecular weight excluding hydrogens is 526 g/mol. The molecule has 12 heteroatoms. The molecule has 0 saturated carbocycles. The Hall–Kier alpha value is -2.99. The second kappa shape index (κ2) is 10.5. The average molecular weight is 552 g/mol. The third-order valence-electron chi connectivity index (χ3n) is 4.83. The minimum atomic E-state index is -0.629. The fourth-order valence-electron chi connectivity index (χ4n) is 3.19. The zero-order valence-electron chi connectivity index (χ0n) is 19.8. The molecule has 0 bridgehead atoms. The van der Waals surface area contributed by atoms with E-state index in [2.05, 4.69) is 31.4 Å². The van der Waals surface area contributed by atoms with E-state index in [0.717, 1.165) is 27.2 Å². The van der Waals surface area contributed by atoms with Crippen molar-refractivity contribution < 1.29 is 23.9 Å². The number of nitrogens with one attached hydrogen (secondary N) is 1. The van der Waals surface area contributed by atoms with E-state index >= 15 is 0 Å². The van der Waals surface area contributed by atoms with Crippen LogP contribution in [-0.2, 0) is 16.1 Å². The monoisotopic (exact) mass is 551 g/mol. The van der Waals surface area contributed by atoms with Crippen molar-refractivity contribution in [3.05, 3.63) is 49.8 Å². The Morgan fingerprint density at radius 1 is 1.18 bits per heavy atom. The Bertz CT molecular complexity index is 1240.